The van der Waals surface area contributed by atoms with E-state index in [1.165, 1.54) is 12.0 Å². The fourth-order valence-corrected chi connectivity index (χ4v) is 3.78. The Kier molecular flexibility index (Phi) is 4.78. The summed E-state index contributed by atoms with van der Waals surface area (Å²) in [4.78, 5) is 2.41. The number of nitrogens with one attached hydrogen (secondary N) is 1. The van der Waals surface area contributed by atoms with E-state index < -0.39 is 0 Å². The molecule has 1 fully saturated rings. The van der Waals surface area contributed by atoms with Crippen LogP contribution in [0.5, 0.6) is 0 Å². The molecule has 4 heterocycles. The molecule has 0 amide bonds. The van der Waals surface area contributed by atoms with Gasteiger partial charge in [0, 0.05) is 25.9 Å². The number of nitrogens with zero attached hydrogens (tertiary/aromatic N) is 2. The van der Waals surface area contributed by atoms with Crippen molar-refractivity contribution in [1.82, 2.24) is 15.1 Å². The molecule has 6 heteroatoms. The zero-order chi connectivity index (χ0) is 16.2. The first-order chi connectivity index (χ1) is 11.9. The molecule has 0 bridgehead atoms. The van der Waals surface area contributed by atoms with Crippen molar-refractivity contribution in [2.45, 2.75) is 32.0 Å². The van der Waals surface area contributed by atoms with E-state index in [1.807, 2.05) is 18.2 Å². The van der Waals surface area contributed by atoms with Gasteiger partial charge in [-0.1, -0.05) is 0 Å². The van der Waals surface area contributed by atoms with Gasteiger partial charge in [-0.2, -0.15) is 16.4 Å². The lowest BCUT2D eigenvalue weighted by molar-refractivity contribution is 0.0656. The smallest absolute Gasteiger partial charge is 0.152 e. The molecule has 1 N–H and O–H groups in total. The molecule has 3 aromatic rings. The lowest BCUT2D eigenvalue weighted by Gasteiger charge is -2.24. The van der Waals surface area contributed by atoms with E-state index in [0.717, 1.165) is 49.9 Å². The molecule has 0 radical (unpaired) electrons. The Bertz CT molecular complexity index is 730. The van der Waals surface area contributed by atoms with Gasteiger partial charge in [-0.05, 0) is 53.4 Å². The average Bonchev–Trinajstić information content (AvgIpc) is 3.37. The number of furan rings is 1. The first-order valence-electron chi connectivity index (χ1n) is 8.30. The highest BCUT2D eigenvalue weighted by Gasteiger charge is 2.20. The van der Waals surface area contributed by atoms with Crippen LogP contribution in [0.25, 0.3) is 11.5 Å². The quantitative estimate of drug-likeness (QED) is 0.706. The summed E-state index contributed by atoms with van der Waals surface area (Å²) in [5, 5.41) is 11.3. The molecular formula is C18H21N3O2S. The number of thiophene rings is 1. The van der Waals surface area contributed by atoms with Crippen LogP contribution >= 0.6 is 11.3 Å². The van der Waals surface area contributed by atoms with Crippen molar-refractivity contribution < 1.29 is 9.15 Å². The van der Waals surface area contributed by atoms with Crippen molar-refractivity contribution in [2.75, 3.05) is 13.2 Å². The van der Waals surface area contributed by atoms with Gasteiger partial charge in [0.15, 0.2) is 5.76 Å². The summed E-state index contributed by atoms with van der Waals surface area (Å²) < 4.78 is 11.8. The molecule has 3 aromatic heterocycles. The van der Waals surface area contributed by atoms with Crippen molar-refractivity contribution in [3.8, 4) is 11.5 Å². The van der Waals surface area contributed by atoms with Crippen LogP contribution in [0.15, 0.2) is 45.6 Å². The van der Waals surface area contributed by atoms with Gasteiger partial charge in [0.25, 0.3) is 0 Å². The third kappa shape index (κ3) is 3.77. The van der Waals surface area contributed by atoms with E-state index in [9.17, 15) is 0 Å². The summed E-state index contributed by atoms with van der Waals surface area (Å²) in [6.07, 6.45) is 4.39. The van der Waals surface area contributed by atoms with E-state index >= 15 is 0 Å². The summed E-state index contributed by atoms with van der Waals surface area (Å²) in [5.41, 5.74) is 2.25. The van der Waals surface area contributed by atoms with Gasteiger partial charge in [0.1, 0.15) is 11.5 Å². The number of hydrogen-bond donors (Lipinski definition) is 1. The van der Waals surface area contributed by atoms with Crippen LogP contribution in [0.1, 0.15) is 24.2 Å². The van der Waals surface area contributed by atoms with Crippen molar-refractivity contribution >= 4 is 11.3 Å². The first-order valence-corrected chi connectivity index (χ1v) is 9.24. The second kappa shape index (κ2) is 7.34. The fourth-order valence-electron chi connectivity index (χ4n) is 3.12. The third-order valence-electron chi connectivity index (χ3n) is 4.28. The lowest BCUT2D eigenvalue weighted by atomic mass is 10.2. The van der Waals surface area contributed by atoms with Crippen LogP contribution < -0.4 is 0 Å². The number of H-pyrrole nitrogens is 1. The van der Waals surface area contributed by atoms with Crippen molar-refractivity contribution in [1.29, 1.82) is 0 Å². The monoisotopic (exact) mass is 343 g/mol. The van der Waals surface area contributed by atoms with Gasteiger partial charge in [-0.25, -0.2) is 0 Å². The van der Waals surface area contributed by atoms with Crippen LogP contribution in [-0.4, -0.2) is 34.4 Å². The minimum absolute atomic E-state index is 0.339. The predicted molar refractivity (Wildman–Crippen MR) is 93.7 cm³/mol. The maximum atomic E-state index is 5.99. The number of hydrogen-bond acceptors (Lipinski definition) is 5. The number of aromatic nitrogens is 2. The molecule has 4 rings (SSSR count). The second-order valence-electron chi connectivity index (χ2n) is 6.17. The number of rotatable bonds is 7. The molecule has 126 valence electrons. The molecule has 1 saturated heterocycles. The number of aromatic amines is 1. The molecule has 0 saturated carbocycles. The van der Waals surface area contributed by atoms with Crippen LogP contribution in [-0.2, 0) is 17.8 Å². The van der Waals surface area contributed by atoms with Gasteiger partial charge in [-0.15, -0.1) is 0 Å². The van der Waals surface area contributed by atoms with Crippen LogP contribution in [0, 0.1) is 0 Å². The summed E-state index contributed by atoms with van der Waals surface area (Å²) in [6, 6.07) is 8.15. The van der Waals surface area contributed by atoms with E-state index in [-0.39, 0.29) is 0 Å². The molecule has 5 nitrogen and oxygen atoms in total. The predicted octanol–water partition coefficient (Wildman–Crippen LogP) is 3.91. The molecule has 1 aliphatic heterocycles. The molecule has 1 atom stereocenters. The van der Waals surface area contributed by atoms with E-state index in [2.05, 4.69) is 31.9 Å². The molecule has 0 aromatic carbocycles. The minimum atomic E-state index is 0.339. The highest BCUT2D eigenvalue weighted by atomic mass is 32.1. The third-order valence-corrected chi connectivity index (χ3v) is 5.01. The van der Waals surface area contributed by atoms with Gasteiger partial charge in [0.05, 0.1) is 12.6 Å². The fraction of sp³-hybridized carbons (Fsp3) is 0.389. The molecule has 0 spiro atoms. The topological polar surface area (TPSA) is 54.3 Å². The Labute approximate surface area is 145 Å². The Morgan fingerprint density at radius 2 is 2.25 bits per heavy atom. The maximum Gasteiger partial charge on any atom is 0.152 e. The average molecular weight is 343 g/mol. The molecule has 24 heavy (non-hydrogen) atoms. The normalized spacial score (nSPS) is 17.8. The van der Waals surface area contributed by atoms with Crippen molar-refractivity contribution in [3.05, 3.63) is 52.5 Å². The van der Waals surface area contributed by atoms with Crippen molar-refractivity contribution in [3.63, 3.8) is 0 Å². The van der Waals surface area contributed by atoms with E-state index in [4.69, 9.17) is 9.15 Å². The molecule has 0 unspecified atom stereocenters. The Morgan fingerprint density at radius 3 is 3.00 bits per heavy atom. The highest BCUT2D eigenvalue weighted by Crippen LogP contribution is 2.22. The zero-order valence-electron chi connectivity index (χ0n) is 13.5. The van der Waals surface area contributed by atoms with E-state index in [1.54, 1.807) is 17.5 Å². The summed E-state index contributed by atoms with van der Waals surface area (Å²) in [6.45, 7) is 3.53. The summed E-state index contributed by atoms with van der Waals surface area (Å²) in [7, 11) is 0. The zero-order valence-corrected chi connectivity index (χ0v) is 14.3. The van der Waals surface area contributed by atoms with Crippen molar-refractivity contribution in [2.24, 2.45) is 0 Å². The lowest BCUT2D eigenvalue weighted by Crippen LogP contribution is -2.31. The molecule has 1 aliphatic rings. The SMILES string of the molecule is c1cc(-c2ccc(CN(Cc3ccsc3)C[C@H]3CCCO3)o2)[nH]n1. The molecular weight excluding hydrogens is 322 g/mol. The highest BCUT2D eigenvalue weighted by molar-refractivity contribution is 7.07. The van der Waals surface area contributed by atoms with Crippen LogP contribution in [0.3, 0.4) is 0 Å². The van der Waals surface area contributed by atoms with Gasteiger partial charge in [-0.3, -0.25) is 10.00 Å². The summed E-state index contributed by atoms with van der Waals surface area (Å²) >= 11 is 1.74. The first kappa shape index (κ1) is 15.6. The van der Waals surface area contributed by atoms with E-state index in [0.29, 0.717) is 6.10 Å². The molecule has 0 aliphatic carbocycles. The van der Waals surface area contributed by atoms with Crippen LogP contribution in [0.2, 0.25) is 0 Å². The standard InChI is InChI=1S/C18H21N3O2S/c1-2-15(22-8-1)11-21(10-14-6-9-24-13-14)12-16-3-4-18(23-16)17-5-7-19-20-17/h3-7,9,13,15H,1-2,8,10-12H2,(H,19,20)/t15-/m1/s1. The largest absolute Gasteiger partial charge is 0.458 e. The van der Waals surface area contributed by atoms with Gasteiger partial charge < -0.3 is 9.15 Å². The van der Waals surface area contributed by atoms with Gasteiger partial charge >= 0.3 is 0 Å². The number of ether oxygens (including phenoxy) is 1. The summed E-state index contributed by atoms with van der Waals surface area (Å²) in [5.74, 6) is 1.79. The van der Waals surface area contributed by atoms with Gasteiger partial charge in [0.2, 0.25) is 0 Å². The second-order valence-corrected chi connectivity index (χ2v) is 6.95. The Hall–Kier alpha value is -1.89. The van der Waals surface area contributed by atoms with Crippen LogP contribution in [0.4, 0.5) is 0 Å². The minimum Gasteiger partial charge on any atom is -0.458 e. The maximum absolute atomic E-state index is 5.99. The Balaban J connectivity index is 1.46. The Morgan fingerprint density at radius 1 is 1.25 bits per heavy atom.